The maximum absolute atomic E-state index is 5.41. The van der Waals surface area contributed by atoms with Crippen molar-refractivity contribution in [3.8, 4) is 0 Å². The average Bonchev–Trinajstić information content (AvgIpc) is 2.55. The molecule has 0 fully saturated rings. The maximum Gasteiger partial charge on any atom is 0.180 e. The Balaban J connectivity index is 2.42. The van der Waals surface area contributed by atoms with Crippen LogP contribution in [0.25, 0.3) is 5.65 Å². The third kappa shape index (κ3) is 1.54. The molecule has 5 heteroatoms. The summed E-state index contributed by atoms with van der Waals surface area (Å²) in [7, 11) is 0. The molecule has 0 spiro atoms. The van der Waals surface area contributed by atoms with Gasteiger partial charge in [-0.05, 0) is 6.92 Å². The average molecular weight is 191 g/mol. The lowest BCUT2D eigenvalue weighted by Gasteiger charge is -2.03. The minimum absolute atomic E-state index is 0.586. The Labute approximate surface area is 82.0 Å². The molecule has 3 N–H and O–H groups in total. The number of anilines is 1. The van der Waals surface area contributed by atoms with Crippen molar-refractivity contribution in [2.24, 2.45) is 5.73 Å². The van der Waals surface area contributed by atoms with E-state index in [1.165, 1.54) is 0 Å². The number of nitrogens with two attached hydrogens (primary N) is 1. The number of rotatable bonds is 3. The van der Waals surface area contributed by atoms with Crippen molar-refractivity contribution in [2.75, 3.05) is 18.4 Å². The highest BCUT2D eigenvalue weighted by Gasteiger charge is 2.03. The summed E-state index contributed by atoms with van der Waals surface area (Å²) in [5, 5.41) is 3.13. The van der Waals surface area contributed by atoms with Gasteiger partial charge in [-0.2, -0.15) is 0 Å². The second-order valence-corrected chi connectivity index (χ2v) is 3.10. The fraction of sp³-hybridized carbons (Fsp3) is 0.333. The lowest BCUT2D eigenvalue weighted by Crippen LogP contribution is -2.14. The zero-order valence-electron chi connectivity index (χ0n) is 8.07. The monoisotopic (exact) mass is 191 g/mol. The minimum Gasteiger partial charge on any atom is -0.366 e. The van der Waals surface area contributed by atoms with Crippen molar-refractivity contribution in [1.29, 1.82) is 0 Å². The first-order valence-corrected chi connectivity index (χ1v) is 4.55. The van der Waals surface area contributed by atoms with Gasteiger partial charge in [0.2, 0.25) is 0 Å². The molecule has 0 bridgehead atoms. The zero-order chi connectivity index (χ0) is 9.97. The van der Waals surface area contributed by atoms with Crippen LogP contribution in [0.3, 0.4) is 0 Å². The predicted octanol–water partition coefficient (Wildman–Crippen LogP) is 0.408. The summed E-state index contributed by atoms with van der Waals surface area (Å²) in [6.07, 6.45) is 5.58. The van der Waals surface area contributed by atoms with Crippen LogP contribution in [0.15, 0.2) is 18.6 Å². The predicted molar refractivity (Wildman–Crippen MR) is 55.3 cm³/mol. The first-order valence-electron chi connectivity index (χ1n) is 4.55. The van der Waals surface area contributed by atoms with E-state index in [1.807, 2.05) is 23.7 Å². The molecule has 2 heterocycles. The molecule has 0 aliphatic heterocycles. The van der Waals surface area contributed by atoms with E-state index in [0.29, 0.717) is 13.1 Å². The first-order chi connectivity index (χ1) is 6.81. The molecule has 0 amide bonds. The largest absolute Gasteiger partial charge is 0.366 e. The quantitative estimate of drug-likeness (QED) is 0.737. The van der Waals surface area contributed by atoms with Gasteiger partial charge in [-0.1, -0.05) is 0 Å². The number of nitrogens with one attached hydrogen (secondary N) is 1. The summed E-state index contributed by atoms with van der Waals surface area (Å²) in [5.41, 5.74) is 7.23. The molecule has 2 rings (SSSR count). The summed E-state index contributed by atoms with van der Waals surface area (Å²) < 4.78 is 1.95. The fourth-order valence-electron chi connectivity index (χ4n) is 1.36. The highest BCUT2D eigenvalue weighted by atomic mass is 15.1. The molecule has 2 aromatic heterocycles. The molecular formula is C9H13N5. The second kappa shape index (κ2) is 3.63. The van der Waals surface area contributed by atoms with Gasteiger partial charge in [0, 0.05) is 31.7 Å². The van der Waals surface area contributed by atoms with Gasteiger partial charge < -0.3 is 15.5 Å². The Hall–Kier alpha value is -1.62. The number of hydrogen-bond acceptors (Lipinski definition) is 4. The molecule has 0 saturated heterocycles. The number of fused-ring (bicyclic) bond motifs is 1. The van der Waals surface area contributed by atoms with Crippen molar-refractivity contribution < 1.29 is 0 Å². The van der Waals surface area contributed by atoms with Crippen LogP contribution in [0.5, 0.6) is 0 Å². The molecule has 2 aromatic rings. The van der Waals surface area contributed by atoms with Gasteiger partial charge in [-0.25, -0.2) is 9.97 Å². The van der Waals surface area contributed by atoms with Crippen molar-refractivity contribution >= 4 is 11.5 Å². The summed E-state index contributed by atoms with van der Waals surface area (Å²) in [4.78, 5) is 8.57. The fourth-order valence-corrected chi connectivity index (χ4v) is 1.36. The van der Waals surface area contributed by atoms with Gasteiger partial charge in [0.25, 0.3) is 0 Å². The van der Waals surface area contributed by atoms with Crippen LogP contribution in [0.4, 0.5) is 5.82 Å². The number of imidazole rings is 1. The summed E-state index contributed by atoms with van der Waals surface area (Å²) in [6.45, 7) is 3.25. The lowest BCUT2D eigenvalue weighted by molar-refractivity contribution is 1.00. The van der Waals surface area contributed by atoms with E-state index in [0.717, 1.165) is 17.2 Å². The molecule has 0 radical (unpaired) electrons. The smallest absolute Gasteiger partial charge is 0.180 e. The Morgan fingerprint density at radius 3 is 3.21 bits per heavy atom. The molecule has 0 saturated carbocycles. The Morgan fingerprint density at radius 2 is 2.43 bits per heavy atom. The number of aryl methyl sites for hydroxylation is 1. The van der Waals surface area contributed by atoms with Gasteiger partial charge in [0.05, 0.1) is 5.69 Å². The first kappa shape index (κ1) is 8.96. The summed E-state index contributed by atoms with van der Waals surface area (Å²) in [6, 6.07) is 0. The van der Waals surface area contributed by atoms with Crippen LogP contribution < -0.4 is 11.1 Å². The highest BCUT2D eigenvalue weighted by Crippen LogP contribution is 2.12. The van der Waals surface area contributed by atoms with Crippen molar-refractivity contribution in [3.05, 3.63) is 24.3 Å². The van der Waals surface area contributed by atoms with Crippen molar-refractivity contribution in [3.63, 3.8) is 0 Å². The molecule has 74 valence electrons. The lowest BCUT2D eigenvalue weighted by atomic mass is 10.5. The van der Waals surface area contributed by atoms with Gasteiger partial charge >= 0.3 is 0 Å². The summed E-state index contributed by atoms with van der Waals surface area (Å²) >= 11 is 0. The Morgan fingerprint density at radius 1 is 1.57 bits per heavy atom. The Kier molecular flexibility index (Phi) is 2.32. The topological polar surface area (TPSA) is 68.2 Å². The molecule has 0 aliphatic rings. The molecule has 0 aromatic carbocycles. The van der Waals surface area contributed by atoms with Crippen LogP contribution in [-0.4, -0.2) is 27.5 Å². The molecule has 14 heavy (non-hydrogen) atoms. The van der Waals surface area contributed by atoms with Crippen molar-refractivity contribution in [1.82, 2.24) is 14.4 Å². The van der Waals surface area contributed by atoms with E-state index in [4.69, 9.17) is 5.73 Å². The van der Waals surface area contributed by atoms with Gasteiger partial charge in [-0.3, -0.25) is 0 Å². The van der Waals surface area contributed by atoms with E-state index in [1.54, 1.807) is 6.20 Å². The van der Waals surface area contributed by atoms with E-state index in [-0.39, 0.29) is 0 Å². The Bertz CT molecular complexity index is 434. The normalized spacial score (nSPS) is 10.7. The zero-order valence-corrected chi connectivity index (χ0v) is 8.07. The number of aromatic nitrogens is 3. The van der Waals surface area contributed by atoms with Crippen LogP contribution >= 0.6 is 0 Å². The van der Waals surface area contributed by atoms with E-state index in [9.17, 15) is 0 Å². The standard InChI is InChI=1S/C9H13N5/c1-7-6-14-5-4-12-8(9(14)13-7)11-3-2-10/h4-6H,2-3,10H2,1H3,(H,11,12). The van der Waals surface area contributed by atoms with E-state index >= 15 is 0 Å². The highest BCUT2D eigenvalue weighted by molar-refractivity contribution is 5.62. The number of hydrogen-bond donors (Lipinski definition) is 2. The van der Waals surface area contributed by atoms with Crippen LogP contribution in [0, 0.1) is 6.92 Å². The molecule has 5 nitrogen and oxygen atoms in total. The van der Waals surface area contributed by atoms with Gasteiger partial charge in [0.1, 0.15) is 0 Å². The molecule has 0 atom stereocenters. The summed E-state index contributed by atoms with van der Waals surface area (Å²) in [5.74, 6) is 0.783. The molecular weight excluding hydrogens is 178 g/mol. The number of nitrogens with zero attached hydrogens (tertiary/aromatic N) is 3. The third-order valence-corrected chi connectivity index (χ3v) is 1.93. The SMILES string of the molecule is Cc1cn2ccnc(NCCN)c2n1. The third-order valence-electron chi connectivity index (χ3n) is 1.93. The van der Waals surface area contributed by atoms with Crippen molar-refractivity contribution in [2.45, 2.75) is 6.92 Å². The minimum atomic E-state index is 0.586. The second-order valence-electron chi connectivity index (χ2n) is 3.10. The van der Waals surface area contributed by atoms with Crippen LogP contribution in [0.1, 0.15) is 5.69 Å². The molecule has 0 unspecified atom stereocenters. The van der Waals surface area contributed by atoms with Crippen LogP contribution in [-0.2, 0) is 0 Å². The van der Waals surface area contributed by atoms with Crippen LogP contribution in [0.2, 0.25) is 0 Å². The van der Waals surface area contributed by atoms with Gasteiger partial charge in [-0.15, -0.1) is 0 Å². The van der Waals surface area contributed by atoms with Gasteiger partial charge in [0.15, 0.2) is 11.5 Å². The van der Waals surface area contributed by atoms with E-state index < -0.39 is 0 Å². The van der Waals surface area contributed by atoms with E-state index in [2.05, 4.69) is 15.3 Å². The maximum atomic E-state index is 5.41. The molecule has 0 aliphatic carbocycles.